The van der Waals surface area contributed by atoms with Crippen molar-refractivity contribution in [2.45, 2.75) is 18.9 Å². The number of benzene rings is 1. The molecule has 1 aromatic carbocycles. The summed E-state index contributed by atoms with van der Waals surface area (Å²) in [6.45, 7) is 2.33. The first kappa shape index (κ1) is 12.9. The van der Waals surface area contributed by atoms with Crippen molar-refractivity contribution in [2.75, 3.05) is 19.7 Å². The molecule has 0 bridgehead atoms. The summed E-state index contributed by atoms with van der Waals surface area (Å²) in [5, 5.41) is 11.3. The SMILES string of the molecule is OCCCN1CCc2sccc2[C@@H]1c1ccccc1. The van der Waals surface area contributed by atoms with Crippen LogP contribution in [0.5, 0.6) is 0 Å². The van der Waals surface area contributed by atoms with Crippen LogP contribution in [-0.4, -0.2) is 29.7 Å². The second-order valence-corrected chi connectivity index (χ2v) is 5.98. The Morgan fingerprint density at radius 3 is 2.84 bits per heavy atom. The van der Waals surface area contributed by atoms with Crippen LogP contribution in [0.15, 0.2) is 41.8 Å². The van der Waals surface area contributed by atoms with E-state index < -0.39 is 0 Å². The van der Waals surface area contributed by atoms with Crippen LogP contribution < -0.4 is 0 Å². The van der Waals surface area contributed by atoms with Gasteiger partial charge >= 0.3 is 0 Å². The lowest BCUT2D eigenvalue weighted by Gasteiger charge is -2.36. The van der Waals surface area contributed by atoms with Crippen molar-refractivity contribution in [1.29, 1.82) is 0 Å². The predicted octanol–water partition coefficient (Wildman–Crippen LogP) is 3.08. The minimum absolute atomic E-state index is 0.272. The predicted molar refractivity (Wildman–Crippen MR) is 79.6 cm³/mol. The van der Waals surface area contributed by atoms with E-state index in [1.807, 2.05) is 11.3 Å². The van der Waals surface area contributed by atoms with Gasteiger partial charge in [0, 0.05) is 24.6 Å². The van der Waals surface area contributed by atoms with Crippen molar-refractivity contribution < 1.29 is 5.11 Å². The average Bonchev–Trinajstić information content (AvgIpc) is 2.93. The lowest BCUT2D eigenvalue weighted by atomic mass is 9.93. The van der Waals surface area contributed by atoms with E-state index >= 15 is 0 Å². The fourth-order valence-corrected chi connectivity index (χ4v) is 3.81. The molecule has 1 atom stereocenters. The van der Waals surface area contributed by atoms with Crippen molar-refractivity contribution in [3.8, 4) is 0 Å². The molecule has 0 fully saturated rings. The van der Waals surface area contributed by atoms with E-state index in [-0.39, 0.29) is 6.61 Å². The Balaban J connectivity index is 1.95. The van der Waals surface area contributed by atoms with E-state index in [4.69, 9.17) is 5.11 Å². The van der Waals surface area contributed by atoms with Gasteiger partial charge in [0.15, 0.2) is 0 Å². The zero-order valence-electron chi connectivity index (χ0n) is 11.0. The van der Waals surface area contributed by atoms with Crippen LogP contribution in [0.4, 0.5) is 0 Å². The van der Waals surface area contributed by atoms with Crippen LogP contribution in [0.1, 0.15) is 28.5 Å². The molecular weight excluding hydrogens is 254 g/mol. The lowest BCUT2D eigenvalue weighted by Crippen LogP contribution is -2.36. The van der Waals surface area contributed by atoms with E-state index in [1.54, 1.807) is 0 Å². The fourth-order valence-electron chi connectivity index (χ4n) is 2.91. The Hall–Kier alpha value is -1.16. The molecule has 1 aliphatic rings. The van der Waals surface area contributed by atoms with Gasteiger partial charge in [-0.05, 0) is 35.4 Å². The van der Waals surface area contributed by atoms with Gasteiger partial charge in [-0.15, -0.1) is 11.3 Å². The number of fused-ring (bicyclic) bond motifs is 1. The van der Waals surface area contributed by atoms with Crippen LogP contribution in [0, 0.1) is 0 Å². The zero-order valence-corrected chi connectivity index (χ0v) is 11.8. The third-order valence-corrected chi connectivity index (χ3v) is 4.78. The fraction of sp³-hybridized carbons (Fsp3) is 0.375. The van der Waals surface area contributed by atoms with Crippen molar-refractivity contribution >= 4 is 11.3 Å². The highest BCUT2D eigenvalue weighted by atomic mass is 32.1. The number of nitrogens with zero attached hydrogens (tertiary/aromatic N) is 1. The van der Waals surface area contributed by atoms with Gasteiger partial charge < -0.3 is 5.11 Å². The number of rotatable bonds is 4. The second kappa shape index (κ2) is 5.87. The van der Waals surface area contributed by atoms with Gasteiger partial charge in [-0.2, -0.15) is 0 Å². The molecule has 3 heteroatoms. The van der Waals surface area contributed by atoms with Gasteiger partial charge in [-0.3, -0.25) is 4.90 Å². The third-order valence-electron chi connectivity index (χ3n) is 3.78. The molecule has 100 valence electrons. The summed E-state index contributed by atoms with van der Waals surface area (Å²) in [6, 6.07) is 13.3. The summed E-state index contributed by atoms with van der Waals surface area (Å²) in [6.07, 6.45) is 1.99. The average molecular weight is 273 g/mol. The molecule has 0 amide bonds. The smallest absolute Gasteiger partial charge is 0.0612 e. The Labute approximate surface area is 118 Å². The highest BCUT2D eigenvalue weighted by Gasteiger charge is 2.28. The Kier molecular flexibility index (Phi) is 3.97. The normalized spacial score (nSPS) is 19.3. The summed E-state index contributed by atoms with van der Waals surface area (Å²) in [5.74, 6) is 0. The highest BCUT2D eigenvalue weighted by molar-refractivity contribution is 7.10. The highest BCUT2D eigenvalue weighted by Crippen LogP contribution is 2.37. The lowest BCUT2D eigenvalue weighted by molar-refractivity contribution is 0.187. The van der Waals surface area contributed by atoms with E-state index in [2.05, 4.69) is 46.7 Å². The van der Waals surface area contributed by atoms with Crippen LogP contribution in [0.3, 0.4) is 0 Å². The largest absolute Gasteiger partial charge is 0.396 e. The van der Waals surface area contributed by atoms with Gasteiger partial charge in [0.25, 0.3) is 0 Å². The molecule has 2 aromatic rings. The van der Waals surface area contributed by atoms with Gasteiger partial charge in [-0.1, -0.05) is 30.3 Å². The van der Waals surface area contributed by atoms with Gasteiger partial charge in [0.1, 0.15) is 0 Å². The number of hydrogen-bond donors (Lipinski definition) is 1. The molecule has 0 aliphatic carbocycles. The van der Waals surface area contributed by atoms with Crippen molar-refractivity contribution in [3.63, 3.8) is 0 Å². The molecule has 3 rings (SSSR count). The minimum Gasteiger partial charge on any atom is -0.396 e. The number of aliphatic hydroxyl groups excluding tert-OH is 1. The third kappa shape index (κ3) is 2.59. The molecule has 0 unspecified atom stereocenters. The first-order valence-electron chi connectivity index (χ1n) is 6.86. The minimum atomic E-state index is 0.272. The Morgan fingerprint density at radius 1 is 1.21 bits per heavy atom. The molecular formula is C16H19NOS. The van der Waals surface area contributed by atoms with Crippen molar-refractivity contribution in [1.82, 2.24) is 4.90 Å². The molecule has 0 saturated carbocycles. The summed E-state index contributed by atoms with van der Waals surface area (Å²) < 4.78 is 0. The maximum Gasteiger partial charge on any atom is 0.0612 e. The molecule has 2 nitrogen and oxygen atoms in total. The van der Waals surface area contributed by atoms with E-state index in [1.165, 1.54) is 16.0 Å². The summed E-state index contributed by atoms with van der Waals surface area (Å²) in [4.78, 5) is 4.02. The number of thiophene rings is 1. The second-order valence-electron chi connectivity index (χ2n) is 4.98. The molecule has 0 radical (unpaired) electrons. The molecule has 0 spiro atoms. The Bertz CT molecular complexity index is 523. The summed E-state index contributed by atoms with van der Waals surface area (Å²) in [7, 11) is 0. The molecule has 0 saturated heterocycles. The van der Waals surface area contributed by atoms with Crippen LogP contribution in [0.2, 0.25) is 0 Å². The zero-order chi connectivity index (χ0) is 13.1. The maximum absolute atomic E-state index is 9.08. The van der Waals surface area contributed by atoms with E-state index in [9.17, 15) is 0 Å². The Morgan fingerprint density at radius 2 is 2.05 bits per heavy atom. The molecule has 1 aliphatic heterocycles. The number of hydrogen-bond acceptors (Lipinski definition) is 3. The van der Waals surface area contributed by atoms with Gasteiger partial charge in [0.05, 0.1) is 6.04 Å². The quantitative estimate of drug-likeness (QED) is 0.925. The number of aliphatic hydroxyl groups is 1. The monoisotopic (exact) mass is 273 g/mol. The maximum atomic E-state index is 9.08. The topological polar surface area (TPSA) is 23.5 Å². The van der Waals surface area contributed by atoms with Crippen molar-refractivity contribution in [2.24, 2.45) is 0 Å². The first-order valence-corrected chi connectivity index (χ1v) is 7.74. The van der Waals surface area contributed by atoms with Crippen molar-refractivity contribution in [3.05, 3.63) is 57.8 Å². The molecule has 1 N–H and O–H groups in total. The van der Waals surface area contributed by atoms with Crippen LogP contribution in [0.25, 0.3) is 0 Å². The van der Waals surface area contributed by atoms with Gasteiger partial charge in [0.2, 0.25) is 0 Å². The summed E-state index contributed by atoms with van der Waals surface area (Å²) >= 11 is 1.87. The first-order chi connectivity index (χ1) is 9.40. The van der Waals surface area contributed by atoms with Gasteiger partial charge in [-0.25, -0.2) is 0 Å². The summed E-state index contributed by atoms with van der Waals surface area (Å²) in [5.41, 5.74) is 2.82. The van der Waals surface area contributed by atoms with E-state index in [0.29, 0.717) is 6.04 Å². The van der Waals surface area contributed by atoms with E-state index in [0.717, 1.165) is 25.9 Å². The standard InChI is InChI=1S/C16H19NOS/c18-11-4-9-17-10-7-15-14(8-12-19-15)16(17)13-5-2-1-3-6-13/h1-3,5-6,8,12,16,18H,4,7,9-11H2/t16-/m0/s1. The molecule has 1 aromatic heterocycles. The molecule has 2 heterocycles. The molecule has 19 heavy (non-hydrogen) atoms. The van der Waals surface area contributed by atoms with Crippen LogP contribution in [-0.2, 0) is 6.42 Å². The van der Waals surface area contributed by atoms with Crippen LogP contribution >= 0.6 is 11.3 Å².